The highest BCUT2D eigenvalue weighted by molar-refractivity contribution is 5.84. The predicted molar refractivity (Wildman–Crippen MR) is 110 cm³/mol. The van der Waals surface area contributed by atoms with Crippen LogP contribution in [0.5, 0.6) is 0 Å². The second-order valence-electron chi connectivity index (χ2n) is 9.80. The molecule has 0 heterocycles. The Balaban J connectivity index is 1.30. The summed E-state index contributed by atoms with van der Waals surface area (Å²) in [5.74, 6) is 2.63. The van der Waals surface area contributed by atoms with Gasteiger partial charge in [-0.1, -0.05) is 30.3 Å². The summed E-state index contributed by atoms with van der Waals surface area (Å²) in [6.45, 7) is 5.18. The number of benzene rings is 1. The molecule has 4 aliphatic carbocycles. The van der Waals surface area contributed by atoms with Gasteiger partial charge in [-0.15, -0.1) is 0 Å². The van der Waals surface area contributed by atoms with Gasteiger partial charge in [-0.3, -0.25) is 9.59 Å². The van der Waals surface area contributed by atoms with Gasteiger partial charge in [0.2, 0.25) is 11.8 Å². The summed E-state index contributed by atoms with van der Waals surface area (Å²) in [4.78, 5) is 27.7. The van der Waals surface area contributed by atoms with Crippen LogP contribution in [0.25, 0.3) is 0 Å². The largest absolute Gasteiger partial charge is 0.355 e. The van der Waals surface area contributed by atoms with Gasteiger partial charge in [0.25, 0.3) is 0 Å². The molecule has 5 rings (SSSR count). The lowest BCUT2D eigenvalue weighted by molar-refractivity contribution is -0.146. The van der Waals surface area contributed by atoms with Gasteiger partial charge < -0.3 is 10.2 Å². The molecule has 0 atom stereocenters. The van der Waals surface area contributed by atoms with E-state index in [1.807, 2.05) is 23.1 Å². The molecule has 0 unspecified atom stereocenters. The van der Waals surface area contributed by atoms with E-state index >= 15 is 0 Å². The minimum atomic E-state index is -0.125. The first kappa shape index (κ1) is 19.5. The van der Waals surface area contributed by atoms with Gasteiger partial charge in [-0.25, -0.2) is 0 Å². The van der Waals surface area contributed by atoms with Crippen molar-refractivity contribution in [3.05, 3.63) is 35.9 Å². The molecule has 0 saturated heterocycles. The van der Waals surface area contributed by atoms with Gasteiger partial charge in [0.1, 0.15) is 0 Å². The van der Waals surface area contributed by atoms with Crippen molar-refractivity contribution in [3.63, 3.8) is 0 Å². The third kappa shape index (κ3) is 3.97. The average molecular weight is 383 g/mol. The van der Waals surface area contributed by atoms with Gasteiger partial charge in [0, 0.05) is 31.0 Å². The van der Waals surface area contributed by atoms with Gasteiger partial charge in [0.15, 0.2) is 0 Å². The van der Waals surface area contributed by atoms with Crippen molar-refractivity contribution >= 4 is 11.8 Å². The van der Waals surface area contributed by atoms with Crippen molar-refractivity contribution < 1.29 is 9.59 Å². The highest BCUT2D eigenvalue weighted by Crippen LogP contribution is 2.60. The SMILES string of the molecule is CC(C)N(Cc1ccccc1)C(=O)CCNC(=O)C12CC3CC(CC(C3)C1)C2. The van der Waals surface area contributed by atoms with Gasteiger partial charge in [-0.05, 0) is 75.7 Å². The molecule has 4 aliphatic rings. The summed E-state index contributed by atoms with van der Waals surface area (Å²) in [6.07, 6.45) is 7.62. The Bertz CT molecular complexity index is 677. The van der Waals surface area contributed by atoms with Crippen molar-refractivity contribution in [1.29, 1.82) is 0 Å². The van der Waals surface area contributed by atoms with E-state index in [9.17, 15) is 9.59 Å². The minimum Gasteiger partial charge on any atom is -0.355 e. The zero-order chi connectivity index (χ0) is 19.7. The van der Waals surface area contributed by atoms with E-state index in [-0.39, 0.29) is 23.3 Å². The van der Waals surface area contributed by atoms with Gasteiger partial charge >= 0.3 is 0 Å². The third-order valence-electron chi connectivity index (χ3n) is 7.28. The lowest BCUT2D eigenvalue weighted by atomic mass is 9.49. The summed E-state index contributed by atoms with van der Waals surface area (Å²) < 4.78 is 0. The third-order valence-corrected chi connectivity index (χ3v) is 7.28. The number of carbonyl (C=O) groups excluding carboxylic acids is 2. The molecular weight excluding hydrogens is 348 g/mol. The van der Waals surface area contributed by atoms with Gasteiger partial charge in [0.05, 0.1) is 0 Å². The maximum Gasteiger partial charge on any atom is 0.226 e. The standard InChI is InChI=1S/C24H34N2O2/c1-17(2)26(16-18-6-4-3-5-7-18)22(27)8-9-25-23(28)24-13-19-10-20(14-24)12-21(11-19)15-24/h3-7,17,19-21H,8-16H2,1-2H3,(H,25,28). The molecule has 1 N–H and O–H groups in total. The number of rotatable bonds is 7. The van der Waals surface area contributed by atoms with Gasteiger partial charge in [-0.2, -0.15) is 0 Å². The molecule has 1 aromatic rings. The van der Waals surface area contributed by atoms with Crippen molar-refractivity contribution in [1.82, 2.24) is 10.2 Å². The van der Waals surface area contributed by atoms with Crippen LogP contribution in [0.4, 0.5) is 0 Å². The van der Waals surface area contributed by atoms with E-state index in [2.05, 4.69) is 31.3 Å². The summed E-state index contributed by atoms with van der Waals surface area (Å²) in [7, 11) is 0. The highest BCUT2D eigenvalue weighted by Gasteiger charge is 2.54. The topological polar surface area (TPSA) is 49.4 Å². The maximum atomic E-state index is 13.0. The molecule has 0 aromatic heterocycles. The van der Waals surface area contributed by atoms with Crippen molar-refractivity contribution in [2.75, 3.05) is 6.54 Å². The predicted octanol–water partition coefficient (Wildman–Crippen LogP) is 4.15. The second-order valence-corrected chi connectivity index (χ2v) is 9.80. The first-order valence-electron chi connectivity index (χ1n) is 11.1. The Morgan fingerprint density at radius 1 is 1.04 bits per heavy atom. The summed E-state index contributed by atoms with van der Waals surface area (Å²) in [5, 5.41) is 3.14. The fraction of sp³-hybridized carbons (Fsp3) is 0.667. The number of hydrogen-bond acceptors (Lipinski definition) is 2. The molecule has 0 spiro atoms. The number of carbonyl (C=O) groups is 2. The minimum absolute atomic E-state index is 0.115. The molecule has 4 bridgehead atoms. The molecule has 1 aromatic carbocycles. The molecule has 28 heavy (non-hydrogen) atoms. The zero-order valence-electron chi connectivity index (χ0n) is 17.3. The van der Waals surface area contributed by atoms with Crippen LogP contribution >= 0.6 is 0 Å². The average Bonchev–Trinajstić information content (AvgIpc) is 2.65. The van der Waals surface area contributed by atoms with E-state index in [0.717, 1.165) is 42.6 Å². The first-order valence-corrected chi connectivity index (χ1v) is 11.1. The number of amides is 2. The van der Waals surface area contributed by atoms with Crippen LogP contribution in [0.3, 0.4) is 0 Å². The molecular formula is C24H34N2O2. The first-order chi connectivity index (χ1) is 13.4. The van der Waals surface area contributed by atoms with Crippen molar-refractivity contribution in [2.45, 2.75) is 71.4 Å². The molecule has 4 heteroatoms. The van der Waals surface area contributed by atoms with Crippen LogP contribution in [-0.2, 0) is 16.1 Å². The van der Waals surface area contributed by atoms with Crippen LogP contribution in [-0.4, -0.2) is 29.3 Å². The number of nitrogens with zero attached hydrogens (tertiary/aromatic N) is 1. The Kier molecular flexibility index (Phi) is 5.48. The second kappa shape index (κ2) is 7.88. The quantitative estimate of drug-likeness (QED) is 0.770. The van der Waals surface area contributed by atoms with Crippen LogP contribution in [0, 0.1) is 23.2 Å². The number of nitrogens with one attached hydrogen (secondary N) is 1. The van der Waals surface area contributed by atoms with Crippen molar-refractivity contribution in [3.8, 4) is 0 Å². The molecule has 4 fully saturated rings. The fourth-order valence-corrected chi connectivity index (χ4v) is 6.34. The normalized spacial score (nSPS) is 30.5. The van der Waals surface area contributed by atoms with E-state index in [0.29, 0.717) is 19.5 Å². The summed E-state index contributed by atoms with van der Waals surface area (Å²) >= 11 is 0. The molecule has 4 saturated carbocycles. The molecule has 152 valence electrons. The highest BCUT2D eigenvalue weighted by atomic mass is 16.2. The summed E-state index contributed by atoms with van der Waals surface area (Å²) in [6, 6.07) is 10.3. The summed E-state index contributed by atoms with van der Waals surface area (Å²) in [5.41, 5.74) is 1.02. The fourth-order valence-electron chi connectivity index (χ4n) is 6.34. The van der Waals surface area contributed by atoms with Crippen LogP contribution in [0.2, 0.25) is 0 Å². The Morgan fingerprint density at radius 2 is 1.61 bits per heavy atom. The van der Waals surface area contributed by atoms with E-state index in [1.54, 1.807) is 0 Å². The zero-order valence-corrected chi connectivity index (χ0v) is 17.3. The lowest BCUT2D eigenvalue weighted by Gasteiger charge is -2.55. The Morgan fingerprint density at radius 3 is 2.14 bits per heavy atom. The van der Waals surface area contributed by atoms with Crippen molar-refractivity contribution in [2.24, 2.45) is 23.2 Å². The van der Waals surface area contributed by atoms with E-state index < -0.39 is 0 Å². The number of hydrogen-bond donors (Lipinski definition) is 1. The van der Waals surface area contributed by atoms with Crippen LogP contribution < -0.4 is 5.32 Å². The van der Waals surface area contributed by atoms with E-state index in [4.69, 9.17) is 0 Å². The lowest BCUT2D eigenvalue weighted by Crippen LogP contribution is -2.53. The van der Waals surface area contributed by atoms with Crippen LogP contribution in [0.1, 0.15) is 64.4 Å². The maximum absolute atomic E-state index is 13.0. The Hall–Kier alpha value is -1.84. The monoisotopic (exact) mass is 382 g/mol. The van der Waals surface area contributed by atoms with Crippen LogP contribution in [0.15, 0.2) is 30.3 Å². The molecule has 0 aliphatic heterocycles. The molecule has 2 amide bonds. The Labute approximate surface area is 169 Å². The molecule has 4 nitrogen and oxygen atoms in total. The molecule has 0 radical (unpaired) electrons. The van der Waals surface area contributed by atoms with E-state index in [1.165, 1.54) is 19.3 Å². The smallest absolute Gasteiger partial charge is 0.226 e.